The van der Waals surface area contributed by atoms with Crippen LogP contribution in [0.15, 0.2) is 24.3 Å². The molecule has 34 heavy (non-hydrogen) atoms. The second-order valence-corrected chi connectivity index (χ2v) is 8.85. The molecule has 3 heterocycles. The molecule has 0 unspecified atom stereocenters. The number of anilines is 1. The highest BCUT2D eigenvalue weighted by molar-refractivity contribution is 5.87. The number of aromatic nitrogens is 3. The Kier molecular flexibility index (Phi) is 6.72. The molecular formula is C25H28F3N5O. The van der Waals surface area contributed by atoms with E-state index in [2.05, 4.69) is 15.3 Å². The number of pyridine rings is 1. The monoisotopic (exact) mass is 471 g/mol. The molecule has 1 atom stereocenters. The third kappa shape index (κ3) is 4.69. The number of halogens is 3. The average Bonchev–Trinajstić information content (AvgIpc) is 2.78. The fraction of sp³-hybridized carbons (Fsp3) is 0.440. The maximum atomic E-state index is 14.7. The first-order valence-corrected chi connectivity index (χ1v) is 11.4. The number of alkyl halides is 2. The van der Waals surface area contributed by atoms with E-state index in [1.54, 1.807) is 20.8 Å². The predicted molar refractivity (Wildman–Crippen MR) is 124 cm³/mol. The van der Waals surface area contributed by atoms with Gasteiger partial charge in [0.15, 0.2) is 5.65 Å². The van der Waals surface area contributed by atoms with E-state index in [0.29, 0.717) is 35.8 Å². The van der Waals surface area contributed by atoms with Crippen molar-refractivity contribution in [2.24, 2.45) is 0 Å². The van der Waals surface area contributed by atoms with Gasteiger partial charge in [-0.25, -0.2) is 28.1 Å². The second kappa shape index (κ2) is 9.56. The number of carbonyl (C=O) groups is 1. The first kappa shape index (κ1) is 23.9. The van der Waals surface area contributed by atoms with Crippen LogP contribution in [-0.4, -0.2) is 38.8 Å². The summed E-state index contributed by atoms with van der Waals surface area (Å²) < 4.78 is 41.1. The molecule has 0 aliphatic carbocycles. The Hall–Kier alpha value is -3.23. The number of likely N-dealkylation sites (tertiary alicyclic amines) is 1. The van der Waals surface area contributed by atoms with Gasteiger partial charge in [0.1, 0.15) is 17.5 Å². The Morgan fingerprint density at radius 3 is 2.44 bits per heavy atom. The SMILES string of the molecule is CC(=O)N1CCC(c2cc3c(N[C@H](C)c4cccc(C(F)F)c4F)nc(C)nc3nc2C)CC1. The third-order valence-corrected chi connectivity index (χ3v) is 6.52. The predicted octanol–water partition coefficient (Wildman–Crippen LogP) is 5.62. The van der Waals surface area contributed by atoms with Crippen molar-refractivity contribution < 1.29 is 18.0 Å². The summed E-state index contributed by atoms with van der Waals surface area (Å²) >= 11 is 0. The minimum Gasteiger partial charge on any atom is -0.363 e. The molecule has 1 aromatic carbocycles. The van der Waals surface area contributed by atoms with Crippen molar-refractivity contribution in [1.29, 1.82) is 0 Å². The molecule has 180 valence electrons. The molecule has 0 bridgehead atoms. The smallest absolute Gasteiger partial charge is 0.266 e. The quantitative estimate of drug-likeness (QED) is 0.523. The first-order chi connectivity index (χ1) is 16.2. The molecule has 1 aliphatic rings. The van der Waals surface area contributed by atoms with E-state index in [1.165, 1.54) is 12.1 Å². The summed E-state index contributed by atoms with van der Waals surface area (Å²) in [6.07, 6.45) is -1.21. The Balaban J connectivity index is 1.69. The molecule has 4 rings (SSSR count). The van der Waals surface area contributed by atoms with E-state index in [0.717, 1.165) is 30.2 Å². The molecule has 6 nitrogen and oxygen atoms in total. The Morgan fingerprint density at radius 2 is 1.79 bits per heavy atom. The van der Waals surface area contributed by atoms with Crippen LogP contribution < -0.4 is 5.32 Å². The highest BCUT2D eigenvalue weighted by atomic mass is 19.3. The number of fused-ring (bicyclic) bond motifs is 1. The standard InChI is InChI=1S/C25H28F3N5O/c1-13(18-6-5-7-19(22(18)26)23(27)28)29-24-21-12-20(14(2)30-25(21)32-15(3)31-24)17-8-10-33(11-9-17)16(4)34/h5-7,12-13,17,23H,8-11H2,1-4H3,(H,29,30,31,32)/t13-/m1/s1. The highest BCUT2D eigenvalue weighted by Gasteiger charge is 2.25. The van der Waals surface area contributed by atoms with Crippen LogP contribution in [0.5, 0.6) is 0 Å². The number of nitrogens with zero attached hydrogens (tertiary/aromatic N) is 4. The van der Waals surface area contributed by atoms with Gasteiger partial charge in [0.2, 0.25) is 5.91 Å². The first-order valence-electron chi connectivity index (χ1n) is 11.4. The van der Waals surface area contributed by atoms with Crippen LogP contribution in [0.2, 0.25) is 0 Å². The van der Waals surface area contributed by atoms with E-state index in [-0.39, 0.29) is 17.4 Å². The zero-order chi connectivity index (χ0) is 24.6. The largest absolute Gasteiger partial charge is 0.363 e. The van der Waals surface area contributed by atoms with Gasteiger partial charge < -0.3 is 10.2 Å². The van der Waals surface area contributed by atoms with Crippen molar-refractivity contribution in [1.82, 2.24) is 19.9 Å². The number of piperidine rings is 1. The van der Waals surface area contributed by atoms with Gasteiger partial charge in [0.05, 0.1) is 17.0 Å². The molecule has 2 aromatic heterocycles. The van der Waals surface area contributed by atoms with Crippen molar-refractivity contribution >= 4 is 22.8 Å². The van der Waals surface area contributed by atoms with Gasteiger partial charge >= 0.3 is 0 Å². The van der Waals surface area contributed by atoms with E-state index in [4.69, 9.17) is 4.98 Å². The molecule has 1 amide bonds. The number of amides is 1. The Morgan fingerprint density at radius 1 is 1.12 bits per heavy atom. The van der Waals surface area contributed by atoms with Crippen molar-refractivity contribution in [2.45, 2.75) is 58.9 Å². The fourth-order valence-corrected chi connectivity index (χ4v) is 4.65. The van der Waals surface area contributed by atoms with Crippen LogP contribution in [0.3, 0.4) is 0 Å². The van der Waals surface area contributed by atoms with Crippen LogP contribution in [0, 0.1) is 19.7 Å². The summed E-state index contributed by atoms with van der Waals surface area (Å²) in [4.78, 5) is 27.2. The molecule has 9 heteroatoms. The average molecular weight is 472 g/mol. The molecule has 1 N–H and O–H groups in total. The number of carbonyl (C=O) groups excluding carboxylic acids is 1. The summed E-state index contributed by atoms with van der Waals surface area (Å²) in [5.41, 5.74) is 1.99. The topological polar surface area (TPSA) is 71.0 Å². The number of nitrogens with one attached hydrogen (secondary N) is 1. The summed E-state index contributed by atoms with van der Waals surface area (Å²) in [6.45, 7) is 8.38. The highest BCUT2D eigenvalue weighted by Crippen LogP contribution is 2.34. The molecule has 1 saturated heterocycles. The van der Waals surface area contributed by atoms with Crippen LogP contribution in [0.4, 0.5) is 19.0 Å². The van der Waals surface area contributed by atoms with Gasteiger partial charge in [-0.3, -0.25) is 4.79 Å². The Bertz CT molecular complexity index is 1220. The maximum absolute atomic E-state index is 14.7. The summed E-state index contributed by atoms with van der Waals surface area (Å²) in [7, 11) is 0. The van der Waals surface area contributed by atoms with Gasteiger partial charge in [0, 0.05) is 31.3 Å². The van der Waals surface area contributed by atoms with Gasteiger partial charge in [-0.1, -0.05) is 18.2 Å². The normalized spacial score (nSPS) is 15.7. The fourth-order valence-electron chi connectivity index (χ4n) is 4.65. The minimum absolute atomic E-state index is 0.0827. The van der Waals surface area contributed by atoms with Crippen molar-refractivity contribution in [3.8, 4) is 0 Å². The Labute approximate surface area is 196 Å². The van der Waals surface area contributed by atoms with Crippen LogP contribution in [0.1, 0.15) is 73.3 Å². The van der Waals surface area contributed by atoms with Crippen LogP contribution in [0.25, 0.3) is 11.0 Å². The number of hydrogen-bond acceptors (Lipinski definition) is 5. The summed E-state index contributed by atoms with van der Waals surface area (Å²) in [5.74, 6) is 0.392. The van der Waals surface area contributed by atoms with Gasteiger partial charge in [-0.05, 0) is 51.2 Å². The van der Waals surface area contributed by atoms with Crippen LogP contribution in [-0.2, 0) is 4.79 Å². The van der Waals surface area contributed by atoms with E-state index < -0.39 is 23.8 Å². The molecule has 0 spiro atoms. The zero-order valence-electron chi connectivity index (χ0n) is 19.7. The van der Waals surface area contributed by atoms with Gasteiger partial charge in [0.25, 0.3) is 6.43 Å². The van der Waals surface area contributed by atoms with Crippen molar-refractivity contribution in [3.63, 3.8) is 0 Å². The van der Waals surface area contributed by atoms with E-state index in [1.807, 2.05) is 17.9 Å². The van der Waals surface area contributed by atoms with E-state index in [9.17, 15) is 18.0 Å². The molecular weight excluding hydrogens is 443 g/mol. The lowest BCUT2D eigenvalue weighted by atomic mass is 9.88. The van der Waals surface area contributed by atoms with Crippen molar-refractivity contribution in [3.05, 3.63) is 58.3 Å². The molecule has 3 aromatic rings. The second-order valence-electron chi connectivity index (χ2n) is 8.85. The van der Waals surface area contributed by atoms with Crippen LogP contribution >= 0.6 is 0 Å². The molecule has 1 fully saturated rings. The summed E-state index contributed by atoms with van der Waals surface area (Å²) in [5, 5.41) is 3.88. The number of rotatable bonds is 5. The minimum atomic E-state index is -2.89. The number of hydrogen-bond donors (Lipinski definition) is 1. The third-order valence-electron chi connectivity index (χ3n) is 6.52. The van der Waals surface area contributed by atoms with Gasteiger partial charge in [-0.15, -0.1) is 0 Å². The number of aryl methyl sites for hydroxylation is 2. The van der Waals surface area contributed by atoms with Crippen molar-refractivity contribution in [2.75, 3.05) is 18.4 Å². The lowest BCUT2D eigenvalue weighted by molar-refractivity contribution is -0.129. The lowest BCUT2D eigenvalue weighted by Gasteiger charge is -2.32. The molecule has 0 radical (unpaired) electrons. The van der Waals surface area contributed by atoms with E-state index >= 15 is 0 Å². The maximum Gasteiger partial charge on any atom is 0.266 e. The molecule has 0 saturated carbocycles. The molecule has 1 aliphatic heterocycles. The zero-order valence-corrected chi connectivity index (χ0v) is 19.7. The summed E-state index contributed by atoms with van der Waals surface area (Å²) in [6, 6.07) is 5.42. The van der Waals surface area contributed by atoms with Gasteiger partial charge in [-0.2, -0.15) is 0 Å². The number of benzene rings is 1. The lowest BCUT2D eigenvalue weighted by Crippen LogP contribution is -2.36.